The van der Waals surface area contributed by atoms with Crippen LogP contribution < -0.4 is 10.6 Å². The van der Waals surface area contributed by atoms with Gasteiger partial charge in [0, 0.05) is 25.6 Å². The maximum Gasteiger partial charge on any atom is 0.191 e. The van der Waals surface area contributed by atoms with E-state index >= 15 is 0 Å². The van der Waals surface area contributed by atoms with Crippen molar-refractivity contribution in [3.05, 3.63) is 22.4 Å². The summed E-state index contributed by atoms with van der Waals surface area (Å²) in [4.78, 5) is 4.49. The van der Waals surface area contributed by atoms with Gasteiger partial charge in [0.15, 0.2) is 5.96 Å². The van der Waals surface area contributed by atoms with Gasteiger partial charge in [-0.1, -0.05) is 6.92 Å². The molecule has 1 heterocycles. The number of aliphatic imine (C=N–C) groups is 1. The molecular weight excluding hydrogens is 234 g/mol. The summed E-state index contributed by atoms with van der Waals surface area (Å²) in [6.45, 7) is 6.41. The highest BCUT2D eigenvalue weighted by atomic mass is 32.1. The van der Waals surface area contributed by atoms with E-state index in [0.717, 1.165) is 19.0 Å². The van der Waals surface area contributed by atoms with Crippen molar-refractivity contribution in [1.29, 1.82) is 0 Å². The summed E-state index contributed by atoms with van der Waals surface area (Å²) < 4.78 is 0. The molecule has 0 radical (unpaired) electrons. The van der Waals surface area contributed by atoms with Crippen molar-refractivity contribution < 1.29 is 5.11 Å². The van der Waals surface area contributed by atoms with Gasteiger partial charge in [-0.25, -0.2) is 0 Å². The average Bonchev–Trinajstić information content (AvgIpc) is 2.86. The van der Waals surface area contributed by atoms with Crippen LogP contribution in [0.5, 0.6) is 0 Å². The number of aliphatic hydroxyl groups excluding tert-OH is 1. The zero-order valence-electron chi connectivity index (χ0n) is 10.4. The summed E-state index contributed by atoms with van der Waals surface area (Å²) in [7, 11) is 0. The third-order valence-corrected chi connectivity index (χ3v) is 3.09. The molecule has 1 aromatic rings. The van der Waals surface area contributed by atoms with E-state index in [2.05, 4.69) is 39.4 Å². The highest BCUT2D eigenvalue weighted by Crippen LogP contribution is 2.18. The fraction of sp³-hybridized carbons (Fsp3) is 0.583. The van der Waals surface area contributed by atoms with Crippen LogP contribution in [0, 0.1) is 0 Å². The van der Waals surface area contributed by atoms with Crippen LogP contribution in [0.2, 0.25) is 0 Å². The lowest BCUT2D eigenvalue weighted by Gasteiger charge is -2.12. The van der Waals surface area contributed by atoms with Gasteiger partial charge < -0.3 is 15.7 Å². The van der Waals surface area contributed by atoms with Crippen molar-refractivity contribution in [2.24, 2.45) is 4.99 Å². The Balaban J connectivity index is 2.47. The molecule has 0 saturated carbocycles. The van der Waals surface area contributed by atoms with Crippen molar-refractivity contribution in [3.8, 4) is 0 Å². The van der Waals surface area contributed by atoms with Crippen molar-refractivity contribution in [2.45, 2.75) is 19.8 Å². The Bertz CT molecular complexity index is 325. The largest absolute Gasteiger partial charge is 0.395 e. The fourth-order valence-electron chi connectivity index (χ4n) is 1.41. The molecule has 0 saturated heterocycles. The molecule has 0 spiro atoms. The first-order valence-electron chi connectivity index (χ1n) is 5.93. The second kappa shape index (κ2) is 8.08. The van der Waals surface area contributed by atoms with Crippen molar-refractivity contribution >= 4 is 17.3 Å². The van der Waals surface area contributed by atoms with E-state index in [-0.39, 0.29) is 6.61 Å². The highest BCUT2D eigenvalue weighted by Gasteiger charge is 2.05. The lowest BCUT2D eigenvalue weighted by atomic mass is 10.1. The molecule has 1 atom stereocenters. The number of thiophene rings is 1. The van der Waals surface area contributed by atoms with Gasteiger partial charge in [-0.3, -0.25) is 4.99 Å². The number of rotatable bonds is 6. The second-order valence-electron chi connectivity index (χ2n) is 3.83. The molecule has 3 N–H and O–H groups in total. The van der Waals surface area contributed by atoms with Gasteiger partial charge in [0.05, 0.1) is 6.61 Å². The Hall–Kier alpha value is -1.07. The summed E-state index contributed by atoms with van der Waals surface area (Å²) in [5.74, 6) is 1.19. The maximum atomic E-state index is 8.77. The topological polar surface area (TPSA) is 56.7 Å². The molecule has 4 nitrogen and oxygen atoms in total. The first kappa shape index (κ1) is 14.0. The van der Waals surface area contributed by atoms with Gasteiger partial charge in [-0.05, 0) is 29.3 Å². The van der Waals surface area contributed by atoms with E-state index in [9.17, 15) is 0 Å². The molecule has 0 aliphatic heterocycles. The summed E-state index contributed by atoms with van der Waals surface area (Å²) in [6, 6.07) is 2.14. The lowest BCUT2D eigenvalue weighted by molar-refractivity contribution is 0.300. The average molecular weight is 255 g/mol. The molecule has 0 aromatic carbocycles. The van der Waals surface area contributed by atoms with Crippen LogP contribution in [0.3, 0.4) is 0 Å². The van der Waals surface area contributed by atoms with E-state index < -0.39 is 0 Å². The smallest absolute Gasteiger partial charge is 0.191 e. The summed E-state index contributed by atoms with van der Waals surface area (Å²) in [6.07, 6.45) is 0. The molecule has 0 aliphatic carbocycles. The Morgan fingerprint density at radius 3 is 2.94 bits per heavy atom. The Kier molecular flexibility index (Phi) is 6.65. The van der Waals surface area contributed by atoms with Crippen LogP contribution in [-0.4, -0.2) is 37.3 Å². The molecule has 5 heteroatoms. The molecule has 96 valence electrons. The fourth-order valence-corrected chi connectivity index (χ4v) is 2.19. The standard InChI is InChI=1S/C12H21N3OS/c1-3-13-12(14-5-6-16)15-8-10(2)11-4-7-17-9-11/h4,7,9-10,16H,3,5-6,8H2,1-2H3,(H2,13,14,15). The lowest BCUT2D eigenvalue weighted by Crippen LogP contribution is -2.38. The minimum absolute atomic E-state index is 0.116. The zero-order chi connectivity index (χ0) is 12.5. The van der Waals surface area contributed by atoms with Crippen LogP contribution in [-0.2, 0) is 0 Å². The van der Waals surface area contributed by atoms with Crippen LogP contribution in [0.1, 0.15) is 25.3 Å². The molecule has 17 heavy (non-hydrogen) atoms. The first-order valence-corrected chi connectivity index (χ1v) is 6.87. The molecule has 1 aromatic heterocycles. The number of nitrogens with zero attached hydrogens (tertiary/aromatic N) is 1. The highest BCUT2D eigenvalue weighted by molar-refractivity contribution is 7.07. The zero-order valence-corrected chi connectivity index (χ0v) is 11.3. The number of hydrogen-bond acceptors (Lipinski definition) is 3. The minimum Gasteiger partial charge on any atom is -0.395 e. The number of aliphatic hydroxyl groups is 1. The van der Waals surface area contributed by atoms with E-state index in [0.29, 0.717) is 12.5 Å². The van der Waals surface area contributed by atoms with E-state index in [4.69, 9.17) is 5.11 Å². The number of nitrogens with one attached hydrogen (secondary N) is 2. The molecule has 0 bridgehead atoms. The maximum absolute atomic E-state index is 8.77. The van der Waals surface area contributed by atoms with E-state index in [1.807, 2.05) is 6.92 Å². The summed E-state index contributed by atoms with van der Waals surface area (Å²) >= 11 is 1.71. The van der Waals surface area contributed by atoms with Gasteiger partial charge in [-0.15, -0.1) is 0 Å². The summed E-state index contributed by atoms with van der Waals surface area (Å²) in [5.41, 5.74) is 1.33. The predicted octanol–water partition coefficient (Wildman–Crippen LogP) is 1.40. The normalized spacial score (nSPS) is 13.5. The van der Waals surface area contributed by atoms with Gasteiger partial charge in [0.25, 0.3) is 0 Å². The van der Waals surface area contributed by atoms with Crippen LogP contribution in [0.15, 0.2) is 21.8 Å². The SMILES string of the molecule is CCNC(=NCC(C)c1ccsc1)NCCO. The summed E-state index contributed by atoms with van der Waals surface area (Å²) in [5, 5.41) is 19.2. The minimum atomic E-state index is 0.116. The quantitative estimate of drug-likeness (QED) is 0.532. The van der Waals surface area contributed by atoms with Gasteiger partial charge >= 0.3 is 0 Å². The number of hydrogen-bond donors (Lipinski definition) is 3. The molecule has 0 aliphatic rings. The molecule has 0 fully saturated rings. The molecule has 0 amide bonds. The third kappa shape index (κ3) is 5.19. The first-order chi connectivity index (χ1) is 8.27. The predicted molar refractivity (Wildman–Crippen MR) is 73.8 cm³/mol. The van der Waals surface area contributed by atoms with Crippen LogP contribution in [0.25, 0.3) is 0 Å². The van der Waals surface area contributed by atoms with E-state index in [1.165, 1.54) is 5.56 Å². The third-order valence-electron chi connectivity index (χ3n) is 2.38. The molecule has 1 rings (SSSR count). The number of guanidine groups is 1. The van der Waals surface area contributed by atoms with Gasteiger partial charge in [0.1, 0.15) is 0 Å². The Morgan fingerprint density at radius 2 is 2.35 bits per heavy atom. The second-order valence-corrected chi connectivity index (χ2v) is 4.61. The van der Waals surface area contributed by atoms with Gasteiger partial charge in [0.2, 0.25) is 0 Å². The van der Waals surface area contributed by atoms with Crippen molar-refractivity contribution in [1.82, 2.24) is 10.6 Å². The Morgan fingerprint density at radius 1 is 1.53 bits per heavy atom. The Labute approximate surface area is 107 Å². The molecule has 1 unspecified atom stereocenters. The van der Waals surface area contributed by atoms with Crippen molar-refractivity contribution in [3.63, 3.8) is 0 Å². The van der Waals surface area contributed by atoms with Crippen LogP contribution >= 0.6 is 11.3 Å². The monoisotopic (exact) mass is 255 g/mol. The van der Waals surface area contributed by atoms with Crippen molar-refractivity contribution in [2.75, 3.05) is 26.2 Å². The van der Waals surface area contributed by atoms with Gasteiger partial charge in [-0.2, -0.15) is 11.3 Å². The van der Waals surface area contributed by atoms with Crippen LogP contribution in [0.4, 0.5) is 0 Å². The van der Waals surface area contributed by atoms with E-state index in [1.54, 1.807) is 11.3 Å². The molecular formula is C12H21N3OS.